The summed E-state index contributed by atoms with van der Waals surface area (Å²) >= 11 is 0. The lowest BCUT2D eigenvalue weighted by Gasteiger charge is -2.25. The Morgan fingerprint density at radius 1 is 1.39 bits per heavy atom. The molecule has 106 valence electrons. The second kappa shape index (κ2) is 7.74. The third kappa shape index (κ3) is 5.36. The summed E-state index contributed by atoms with van der Waals surface area (Å²) in [5, 5.41) is 0. The molecule has 1 saturated carbocycles. The predicted molar refractivity (Wildman–Crippen MR) is 71.2 cm³/mol. The molecule has 1 atom stereocenters. The lowest BCUT2D eigenvalue weighted by atomic mass is 9.83. The highest BCUT2D eigenvalue weighted by Crippen LogP contribution is 2.29. The Morgan fingerprint density at radius 3 is 2.67 bits per heavy atom. The number of ether oxygens (including phenoxy) is 2. The molecule has 0 heterocycles. The first-order valence-electron chi connectivity index (χ1n) is 7.10. The normalized spacial score (nSPS) is 19.1. The Morgan fingerprint density at radius 2 is 2.11 bits per heavy atom. The second-order valence-corrected chi connectivity index (χ2v) is 5.44. The maximum absolute atomic E-state index is 11.5. The number of carbonyl (C=O) groups is 1. The van der Waals surface area contributed by atoms with Gasteiger partial charge < -0.3 is 15.2 Å². The summed E-state index contributed by atoms with van der Waals surface area (Å²) < 4.78 is 10.5. The molecule has 0 bridgehead atoms. The summed E-state index contributed by atoms with van der Waals surface area (Å²) in [4.78, 5) is 11.5. The van der Waals surface area contributed by atoms with Crippen LogP contribution in [-0.2, 0) is 14.3 Å². The minimum atomic E-state index is -0.882. The van der Waals surface area contributed by atoms with E-state index in [0.717, 1.165) is 18.9 Å². The standard InChI is InChI=1S/C14H27NO3/c1-3-18-13(16)14(2,15)9-5-10-17-11-8-12-6-4-7-12/h12H,3-11,15H2,1-2H3. The van der Waals surface area contributed by atoms with Gasteiger partial charge in [0.2, 0.25) is 0 Å². The number of esters is 1. The SMILES string of the molecule is CCOC(=O)C(C)(N)CCCOCCC1CCC1. The minimum Gasteiger partial charge on any atom is -0.465 e. The number of rotatable bonds is 9. The predicted octanol–water partition coefficient (Wildman–Crippen LogP) is 2.25. The van der Waals surface area contributed by atoms with Crippen molar-refractivity contribution < 1.29 is 14.3 Å². The van der Waals surface area contributed by atoms with Crippen molar-refractivity contribution in [1.29, 1.82) is 0 Å². The molecule has 2 N–H and O–H groups in total. The molecule has 1 aliphatic carbocycles. The second-order valence-electron chi connectivity index (χ2n) is 5.44. The quantitative estimate of drug-likeness (QED) is 0.508. The van der Waals surface area contributed by atoms with Crippen molar-refractivity contribution in [2.24, 2.45) is 11.7 Å². The average molecular weight is 257 g/mol. The molecule has 1 unspecified atom stereocenters. The van der Waals surface area contributed by atoms with Crippen LogP contribution in [0.1, 0.15) is 52.4 Å². The highest BCUT2D eigenvalue weighted by molar-refractivity contribution is 5.79. The van der Waals surface area contributed by atoms with Crippen LogP contribution in [0.25, 0.3) is 0 Å². The highest BCUT2D eigenvalue weighted by Gasteiger charge is 2.29. The molecule has 0 aromatic carbocycles. The molecule has 1 aliphatic rings. The number of nitrogens with two attached hydrogens (primary N) is 1. The van der Waals surface area contributed by atoms with Gasteiger partial charge in [-0.1, -0.05) is 19.3 Å². The van der Waals surface area contributed by atoms with E-state index in [2.05, 4.69) is 0 Å². The van der Waals surface area contributed by atoms with E-state index in [9.17, 15) is 4.79 Å². The van der Waals surface area contributed by atoms with Gasteiger partial charge in [0.15, 0.2) is 0 Å². The summed E-state index contributed by atoms with van der Waals surface area (Å²) in [6.45, 7) is 5.41. The summed E-state index contributed by atoms with van der Waals surface area (Å²) in [6.07, 6.45) is 6.71. The summed E-state index contributed by atoms with van der Waals surface area (Å²) in [6, 6.07) is 0. The molecular formula is C14H27NO3. The van der Waals surface area contributed by atoms with Gasteiger partial charge in [0.05, 0.1) is 6.61 Å². The van der Waals surface area contributed by atoms with Crippen LogP contribution in [0, 0.1) is 5.92 Å². The van der Waals surface area contributed by atoms with E-state index in [0.29, 0.717) is 19.6 Å². The fourth-order valence-corrected chi connectivity index (χ4v) is 2.07. The lowest BCUT2D eigenvalue weighted by molar-refractivity contribution is -0.149. The van der Waals surface area contributed by atoms with Gasteiger partial charge in [-0.15, -0.1) is 0 Å². The zero-order valence-electron chi connectivity index (χ0n) is 11.7. The maximum Gasteiger partial charge on any atom is 0.325 e. The van der Waals surface area contributed by atoms with E-state index < -0.39 is 5.54 Å². The van der Waals surface area contributed by atoms with E-state index in [-0.39, 0.29) is 5.97 Å². The average Bonchev–Trinajstić information content (AvgIpc) is 2.25. The van der Waals surface area contributed by atoms with Crippen LogP contribution in [0.4, 0.5) is 0 Å². The largest absolute Gasteiger partial charge is 0.465 e. The van der Waals surface area contributed by atoms with Gasteiger partial charge in [-0.25, -0.2) is 0 Å². The molecule has 4 nitrogen and oxygen atoms in total. The van der Waals surface area contributed by atoms with E-state index >= 15 is 0 Å². The molecule has 0 aromatic heterocycles. The van der Waals surface area contributed by atoms with Crippen molar-refractivity contribution in [3.63, 3.8) is 0 Å². The van der Waals surface area contributed by atoms with Gasteiger partial charge in [-0.3, -0.25) is 4.79 Å². The van der Waals surface area contributed by atoms with Gasteiger partial charge in [0.1, 0.15) is 5.54 Å². The fraction of sp³-hybridized carbons (Fsp3) is 0.929. The van der Waals surface area contributed by atoms with Crippen molar-refractivity contribution in [3.05, 3.63) is 0 Å². The summed E-state index contributed by atoms with van der Waals surface area (Å²) in [5.74, 6) is 0.573. The monoisotopic (exact) mass is 257 g/mol. The Labute approximate surface area is 110 Å². The van der Waals surface area contributed by atoms with Gasteiger partial charge in [0.25, 0.3) is 0 Å². The van der Waals surface area contributed by atoms with E-state index in [1.807, 2.05) is 0 Å². The number of hydrogen-bond donors (Lipinski definition) is 1. The molecule has 1 fully saturated rings. The van der Waals surface area contributed by atoms with Crippen molar-refractivity contribution >= 4 is 5.97 Å². The third-order valence-electron chi connectivity index (χ3n) is 3.62. The topological polar surface area (TPSA) is 61.5 Å². The van der Waals surface area contributed by atoms with Gasteiger partial charge in [0, 0.05) is 13.2 Å². The third-order valence-corrected chi connectivity index (χ3v) is 3.62. The fourth-order valence-electron chi connectivity index (χ4n) is 2.07. The first-order valence-corrected chi connectivity index (χ1v) is 7.10. The van der Waals surface area contributed by atoms with Crippen molar-refractivity contribution in [1.82, 2.24) is 0 Å². The van der Waals surface area contributed by atoms with Crippen LogP contribution in [-0.4, -0.2) is 31.3 Å². The first-order chi connectivity index (χ1) is 8.56. The molecule has 1 rings (SSSR count). The molecule has 0 aromatic rings. The molecule has 0 aliphatic heterocycles. The van der Waals surface area contributed by atoms with Crippen molar-refractivity contribution in [2.45, 2.75) is 57.9 Å². The number of carbonyl (C=O) groups excluding carboxylic acids is 1. The summed E-state index contributed by atoms with van der Waals surface area (Å²) in [7, 11) is 0. The molecule has 0 amide bonds. The number of hydrogen-bond acceptors (Lipinski definition) is 4. The minimum absolute atomic E-state index is 0.320. The van der Waals surface area contributed by atoms with Gasteiger partial charge in [-0.2, -0.15) is 0 Å². The Balaban J connectivity index is 1.99. The zero-order valence-corrected chi connectivity index (χ0v) is 11.7. The zero-order chi connectivity index (χ0) is 13.4. The van der Waals surface area contributed by atoms with Gasteiger partial charge >= 0.3 is 5.97 Å². The molecule has 18 heavy (non-hydrogen) atoms. The molecule has 0 radical (unpaired) electrons. The van der Waals surface area contributed by atoms with Crippen LogP contribution in [0.5, 0.6) is 0 Å². The van der Waals surface area contributed by atoms with Crippen LogP contribution in [0.15, 0.2) is 0 Å². The smallest absolute Gasteiger partial charge is 0.325 e. The maximum atomic E-state index is 11.5. The molecular weight excluding hydrogens is 230 g/mol. The van der Waals surface area contributed by atoms with E-state index in [1.165, 1.54) is 25.7 Å². The molecule has 4 heteroatoms. The molecule has 0 spiro atoms. The van der Waals surface area contributed by atoms with Crippen molar-refractivity contribution in [2.75, 3.05) is 19.8 Å². The van der Waals surface area contributed by atoms with Crippen LogP contribution >= 0.6 is 0 Å². The lowest BCUT2D eigenvalue weighted by Crippen LogP contribution is -2.46. The van der Waals surface area contributed by atoms with E-state index in [1.54, 1.807) is 13.8 Å². The van der Waals surface area contributed by atoms with Crippen molar-refractivity contribution in [3.8, 4) is 0 Å². The van der Waals surface area contributed by atoms with Crippen LogP contribution in [0.2, 0.25) is 0 Å². The summed E-state index contributed by atoms with van der Waals surface area (Å²) in [5.41, 5.74) is 5.03. The van der Waals surface area contributed by atoms with E-state index in [4.69, 9.17) is 15.2 Å². The highest BCUT2D eigenvalue weighted by atomic mass is 16.5. The van der Waals surface area contributed by atoms with Crippen LogP contribution < -0.4 is 5.73 Å². The van der Waals surface area contributed by atoms with Gasteiger partial charge in [-0.05, 0) is 39.0 Å². The Hall–Kier alpha value is -0.610. The Bertz CT molecular complexity index is 249. The Kier molecular flexibility index (Phi) is 6.65. The van der Waals surface area contributed by atoms with Crippen LogP contribution in [0.3, 0.4) is 0 Å². The first kappa shape index (κ1) is 15.4. The molecule has 0 saturated heterocycles.